The minimum Gasteiger partial charge on any atom is -0.499 e. The van der Waals surface area contributed by atoms with Crippen molar-refractivity contribution >= 4 is 21.6 Å². The first-order valence-corrected chi connectivity index (χ1v) is 12.1. The van der Waals surface area contributed by atoms with Crippen LogP contribution in [0.3, 0.4) is 0 Å². The Morgan fingerprint density at radius 3 is 2.30 bits per heavy atom. The summed E-state index contributed by atoms with van der Waals surface area (Å²) in [6.45, 7) is 1.75. The molecule has 0 aliphatic heterocycles. The van der Waals surface area contributed by atoms with E-state index in [0.717, 1.165) is 10.7 Å². The van der Waals surface area contributed by atoms with Gasteiger partial charge in [0.05, 0.1) is 18.3 Å². The van der Waals surface area contributed by atoms with E-state index in [4.69, 9.17) is 9.15 Å². The molecule has 3 rings (SSSR count). The fraction of sp³-hybridized carbons (Fsp3) is 0.250. The van der Waals surface area contributed by atoms with E-state index in [9.17, 15) is 8.42 Å². The van der Waals surface area contributed by atoms with Crippen LogP contribution >= 0.6 is 11.8 Å². The van der Waals surface area contributed by atoms with Crippen LogP contribution in [0.25, 0.3) is 0 Å². The minimum atomic E-state index is -3.69. The molecule has 0 fully saturated rings. The van der Waals surface area contributed by atoms with Gasteiger partial charge in [-0.25, -0.2) is 8.42 Å². The highest BCUT2D eigenvalue weighted by Crippen LogP contribution is 2.39. The van der Waals surface area contributed by atoms with Crippen molar-refractivity contribution in [2.24, 2.45) is 0 Å². The van der Waals surface area contributed by atoms with Crippen LogP contribution in [0.1, 0.15) is 25.5 Å². The Kier molecular flexibility index (Phi) is 7.45. The molecule has 1 unspecified atom stereocenters. The van der Waals surface area contributed by atoms with Gasteiger partial charge in [-0.1, -0.05) is 48.2 Å². The van der Waals surface area contributed by atoms with Crippen LogP contribution in [0.5, 0.6) is 0 Å². The molecule has 3 aromatic rings. The van der Waals surface area contributed by atoms with Gasteiger partial charge in [0.15, 0.2) is 9.84 Å². The lowest BCUT2D eigenvalue weighted by atomic mass is 10.0. The fourth-order valence-corrected chi connectivity index (χ4v) is 6.16. The van der Waals surface area contributed by atoms with E-state index in [1.807, 2.05) is 53.9 Å². The van der Waals surface area contributed by atoms with E-state index in [1.54, 1.807) is 37.5 Å². The summed E-state index contributed by atoms with van der Waals surface area (Å²) >= 11 is 1.45. The topological polar surface area (TPSA) is 56.5 Å². The van der Waals surface area contributed by atoms with Crippen molar-refractivity contribution in [3.8, 4) is 0 Å². The van der Waals surface area contributed by atoms with Crippen LogP contribution in [-0.4, -0.2) is 20.3 Å². The van der Waals surface area contributed by atoms with Gasteiger partial charge >= 0.3 is 0 Å². The Hall–Kier alpha value is -2.44. The van der Waals surface area contributed by atoms with E-state index in [2.05, 4.69) is 0 Å². The molecule has 0 aliphatic rings. The van der Waals surface area contributed by atoms with E-state index in [0.29, 0.717) is 25.0 Å². The molecule has 30 heavy (non-hydrogen) atoms. The standard InChI is InChI=1S/C24H26O4S2/c1-24(17-9-11-20-12-10-18-28-20,30(25,26)22-15-7-4-8-16-22)23(27-2)19-29-21-13-5-3-6-14-21/h3-8,10,12-16,18-19H,9,11,17H2,1-2H3/b23-19+. The Balaban J connectivity index is 1.94. The monoisotopic (exact) mass is 442 g/mol. The third kappa shape index (κ3) is 4.99. The van der Waals surface area contributed by atoms with Crippen molar-refractivity contribution in [1.82, 2.24) is 0 Å². The van der Waals surface area contributed by atoms with E-state index >= 15 is 0 Å². The van der Waals surface area contributed by atoms with Crippen LogP contribution < -0.4 is 0 Å². The first-order valence-electron chi connectivity index (χ1n) is 9.76. The van der Waals surface area contributed by atoms with E-state index < -0.39 is 14.6 Å². The zero-order valence-electron chi connectivity index (χ0n) is 17.2. The normalized spacial score (nSPS) is 14.3. The second kappa shape index (κ2) is 10.0. The predicted molar refractivity (Wildman–Crippen MR) is 121 cm³/mol. The van der Waals surface area contributed by atoms with E-state index in [1.165, 1.54) is 18.9 Å². The minimum absolute atomic E-state index is 0.290. The summed E-state index contributed by atoms with van der Waals surface area (Å²) in [6.07, 6.45) is 3.34. The lowest BCUT2D eigenvalue weighted by Crippen LogP contribution is -2.38. The van der Waals surface area contributed by atoms with Crippen molar-refractivity contribution < 1.29 is 17.6 Å². The number of methoxy groups -OCH3 is 1. The van der Waals surface area contributed by atoms with Crippen molar-refractivity contribution in [3.63, 3.8) is 0 Å². The molecule has 2 aromatic carbocycles. The largest absolute Gasteiger partial charge is 0.499 e. The van der Waals surface area contributed by atoms with Crippen LogP contribution in [0.2, 0.25) is 0 Å². The fourth-order valence-electron chi connectivity index (χ4n) is 3.31. The molecule has 0 aliphatic carbocycles. The van der Waals surface area contributed by atoms with Crippen molar-refractivity contribution in [3.05, 3.63) is 96.0 Å². The number of hydrogen-bond acceptors (Lipinski definition) is 5. The molecular formula is C24H26O4S2. The van der Waals surface area contributed by atoms with Crippen LogP contribution in [0.15, 0.2) is 104 Å². The maximum absolute atomic E-state index is 13.7. The molecule has 1 heterocycles. The molecule has 6 heteroatoms. The van der Waals surface area contributed by atoms with Gasteiger partial charge in [-0.3, -0.25) is 0 Å². The van der Waals surface area contributed by atoms with Gasteiger partial charge in [-0.05, 0) is 56.2 Å². The average molecular weight is 443 g/mol. The lowest BCUT2D eigenvalue weighted by molar-refractivity contribution is 0.249. The third-order valence-corrected chi connectivity index (χ3v) is 8.45. The smallest absolute Gasteiger partial charge is 0.191 e. The third-order valence-electron chi connectivity index (χ3n) is 5.09. The molecule has 0 saturated carbocycles. The zero-order valence-corrected chi connectivity index (χ0v) is 18.8. The highest BCUT2D eigenvalue weighted by atomic mass is 32.2. The van der Waals surface area contributed by atoms with Gasteiger partial charge in [-0.15, -0.1) is 0 Å². The van der Waals surface area contributed by atoms with Crippen LogP contribution in [0.4, 0.5) is 0 Å². The van der Waals surface area contributed by atoms with Crippen LogP contribution in [0, 0.1) is 0 Å². The Bertz CT molecular complexity index is 1040. The number of benzene rings is 2. The summed E-state index contributed by atoms with van der Waals surface area (Å²) < 4.78 is 37.3. The van der Waals surface area contributed by atoms with Gasteiger partial charge in [0.2, 0.25) is 0 Å². The molecule has 0 amide bonds. The van der Waals surface area contributed by atoms with E-state index in [-0.39, 0.29) is 4.90 Å². The predicted octanol–water partition coefficient (Wildman–Crippen LogP) is 6.12. The summed E-state index contributed by atoms with van der Waals surface area (Å²) in [7, 11) is -2.16. The quantitative estimate of drug-likeness (QED) is 0.280. The maximum Gasteiger partial charge on any atom is 0.191 e. The molecule has 158 valence electrons. The Labute approximate surface area is 182 Å². The number of sulfone groups is 1. The molecule has 4 nitrogen and oxygen atoms in total. The zero-order chi connectivity index (χ0) is 21.5. The number of ether oxygens (including phenoxy) is 1. The van der Waals surface area contributed by atoms with Gasteiger partial charge < -0.3 is 9.15 Å². The van der Waals surface area contributed by atoms with Crippen LogP contribution in [-0.2, 0) is 21.0 Å². The van der Waals surface area contributed by atoms with Crippen molar-refractivity contribution in [1.29, 1.82) is 0 Å². The lowest BCUT2D eigenvalue weighted by Gasteiger charge is -2.31. The average Bonchev–Trinajstić information content (AvgIpc) is 3.29. The number of aryl methyl sites for hydroxylation is 1. The molecule has 0 bridgehead atoms. The summed E-state index contributed by atoms with van der Waals surface area (Å²) in [6, 6.07) is 22.1. The summed E-state index contributed by atoms with van der Waals surface area (Å²) in [5.74, 6) is 1.27. The van der Waals surface area contributed by atoms with Crippen molar-refractivity contribution in [2.45, 2.75) is 40.7 Å². The maximum atomic E-state index is 13.7. The van der Waals surface area contributed by atoms with Gasteiger partial charge in [0.25, 0.3) is 0 Å². The number of thioether (sulfide) groups is 1. The second-order valence-corrected chi connectivity index (χ2v) is 10.4. The molecule has 0 spiro atoms. The Morgan fingerprint density at radius 1 is 1.03 bits per heavy atom. The van der Waals surface area contributed by atoms with Gasteiger partial charge in [0, 0.05) is 16.7 Å². The highest BCUT2D eigenvalue weighted by Gasteiger charge is 2.44. The molecule has 1 aromatic heterocycles. The molecule has 1 atom stereocenters. The second-order valence-electron chi connectivity index (χ2n) is 7.10. The first-order chi connectivity index (χ1) is 14.5. The number of furan rings is 1. The number of rotatable bonds is 10. The first kappa shape index (κ1) is 22.2. The number of hydrogen-bond donors (Lipinski definition) is 0. The summed E-state index contributed by atoms with van der Waals surface area (Å²) in [5, 5.41) is 1.81. The van der Waals surface area contributed by atoms with Gasteiger partial charge in [0.1, 0.15) is 16.3 Å². The molecule has 0 N–H and O–H groups in total. The van der Waals surface area contributed by atoms with Gasteiger partial charge in [-0.2, -0.15) is 0 Å². The Morgan fingerprint density at radius 2 is 1.70 bits per heavy atom. The highest BCUT2D eigenvalue weighted by molar-refractivity contribution is 8.02. The van der Waals surface area contributed by atoms with Crippen molar-refractivity contribution in [2.75, 3.05) is 7.11 Å². The molecular weight excluding hydrogens is 416 g/mol. The summed E-state index contributed by atoms with van der Waals surface area (Å²) in [4.78, 5) is 1.31. The SMILES string of the molecule is CO/C(=C/Sc1ccccc1)C(C)(CCCc1ccco1)S(=O)(=O)c1ccccc1. The summed E-state index contributed by atoms with van der Waals surface area (Å²) in [5.41, 5.74) is 0. The molecule has 0 radical (unpaired) electrons. The molecule has 0 saturated heterocycles.